The second-order valence-corrected chi connectivity index (χ2v) is 6.25. The molecule has 116 valence electrons. The van der Waals surface area contributed by atoms with Crippen molar-refractivity contribution in [3.8, 4) is 0 Å². The van der Waals surface area contributed by atoms with Crippen LogP contribution in [0.5, 0.6) is 0 Å². The Kier molecular flexibility index (Phi) is 6.44. The first-order valence-corrected chi connectivity index (χ1v) is 8.25. The number of nitro benzene ring substituents is 1. The molecule has 1 aliphatic rings. The Labute approximate surface area is 128 Å². The molecule has 0 amide bonds. The Balaban J connectivity index is 1.68. The van der Waals surface area contributed by atoms with Crippen LogP contribution < -0.4 is 5.32 Å². The Morgan fingerprint density at radius 3 is 2.62 bits per heavy atom. The number of nitrogens with one attached hydrogen (secondary N) is 1. The maximum absolute atomic E-state index is 10.6. The number of rotatable bonds is 7. The molecule has 0 radical (unpaired) electrons. The molecule has 7 heteroatoms. The van der Waals surface area contributed by atoms with Crippen LogP contribution in [0.25, 0.3) is 0 Å². The normalized spacial score (nSPS) is 17.6. The van der Waals surface area contributed by atoms with E-state index in [1.807, 2.05) is 11.8 Å². The molecule has 1 aliphatic heterocycles. The fourth-order valence-electron chi connectivity index (χ4n) is 2.24. The zero-order chi connectivity index (χ0) is 15.1. The van der Waals surface area contributed by atoms with Gasteiger partial charge in [0.2, 0.25) is 0 Å². The highest BCUT2D eigenvalue weighted by Gasteiger charge is 2.12. The molecule has 6 nitrogen and oxygen atoms in total. The van der Waals surface area contributed by atoms with Crippen LogP contribution in [0.2, 0.25) is 0 Å². The molecule has 1 saturated heterocycles. The number of non-ortho nitro benzene ring substituents is 1. The van der Waals surface area contributed by atoms with E-state index in [2.05, 4.69) is 10.2 Å². The van der Waals surface area contributed by atoms with Crippen molar-refractivity contribution in [3.63, 3.8) is 0 Å². The number of hydrogen-bond donors (Lipinski definition) is 2. The minimum atomic E-state index is -0.636. The summed E-state index contributed by atoms with van der Waals surface area (Å²) in [5.74, 6) is 2.40. The lowest BCUT2D eigenvalue weighted by Crippen LogP contribution is -2.38. The smallest absolute Gasteiger partial charge is 0.269 e. The van der Waals surface area contributed by atoms with Gasteiger partial charge in [0, 0.05) is 56.4 Å². The predicted octanol–water partition coefficient (Wildman–Crippen LogP) is 1.27. The van der Waals surface area contributed by atoms with Crippen molar-refractivity contribution in [1.82, 2.24) is 10.2 Å². The van der Waals surface area contributed by atoms with Gasteiger partial charge in [0.25, 0.3) is 5.69 Å². The molecular weight excluding hydrogens is 290 g/mol. The number of aliphatic hydroxyl groups excluding tert-OH is 1. The maximum Gasteiger partial charge on any atom is 0.269 e. The average Bonchev–Trinajstić information content (AvgIpc) is 2.52. The van der Waals surface area contributed by atoms with E-state index >= 15 is 0 Å². The molecule has 0 bridgehead atoms. The van der Waals surface area contributed by atoms with Crippen molar-refractivity contribution < 1.29 is 10.0 Å². The van der Waals surface area contributed by atoms with Gasteiger partial charge in [0.05, 0.1) is 11.0 Å². The second-order valence-electron chi connectivity index (χ2n) is 5.02. The quantitative estimate of drug-likeness (QED) is 0.448. The van der Waals surface area contributed by atoms with Crippen molar-refractivity contribution >= 4 is 17.4 Å². The third kappa shape index (κ3) is 5.28. The summed E-state index contributed by atoms with van der Waals surface area (Å²) in [4.78, 5) is 12.5. The van der Waals surface area contributed by atoms with Gasteiger partial charge in [-0.1, -0.05) is 0 Å². The van der Waals surface area contributed by atoms with E-state index in [0.29, 0.717) is 12.1 Å². The summed E-state index contributed by atoms with van der Waals surface area (Å²) in [5.41, 5.74) is 0.740. The third-order valence-corrected chi connectivity index (χ3v) is 4.48. The third-order valence-electron chi connectivity index (χ3n) is 3.53. The fraction of sp³-hybridized carbons (Fsp3) is 0.571. The molecular formula is C14H21N3O3S. The summed E-state index contributed by atoms with van der Waals surface area (Å²) in [5, 5.41) is 23.8. The molecule has 0 aromatic heterocycles. The van der Waals surface area contributed by atoms with Gasteiger partial charge < -0.3 is 15.3 Å². The zero-order valence-electron chi connectivity index (χ0n) is 11.9. The Morgan fingerprint density at radius 1 is 1.33 bits per heavy atom. The van der Waals surface area contributed by atoms with Gasteiger partial charge in [-0.3, -0.25) is 10.1 Å². The van der Waals surface area contributed by atoms with E-state index in [0.717, 1.165) is 26.2 Å². The summed E-state index contributed by atoms with van der Waals surface area (Å²) < 4.78 is 0. The van der Waals surface area contributed by atoms with Crippen LogP contribution in [0.15, 0.2) is 24.3 Å². The number of nitrogens with zero attached hydrogens (tertiary/aromatic N) is 2. The van der Waals surface area contributed by atoms with Crippen molar-refractivity contribution in [2.24, 2.45) is 0 Å². The lowest BCUT2D eigenvalue weighted by Gasteiger charge is -2.26. The zero-order valence-corrected chi connectivity index (χ0v) is 12.7. The van der Waals surface area contributed by atoms with E-state index in [1.54, 1.807) is 12.1 Å². The van der Waals surface area contributed by atoms with Gasteiger partial charge in [-0.05, 0) is 17.7 Å². The highest BCUT2D eigenvalue weighted by atomic mass is 32.2. The van der Waals surface area contributed by atoms with E-state index in [4.69, 9.17) is 0 Å². The maximum atomic E-state index is 10.6. The number of thioether (sulfide) groups is 1. The van der Waals surface area contributed by atoms with E-state index in [-0.39, 0.29) is 5.69 Å². The van der Waals surface area contributed by atoms with Crippen molar-refractivity contribution in [2.75, 3.05) is 44.2 Å². The van der Waals surface area contributed by atoms with Crippen LogP contribution in [0.1, 0.15) is 11.7 Å². The molecule has 0 spiro atoms. The van der Waals surface area contributed by atoms with Crippen molar-refractivity contribution in [1.29, 1.82) is 0 Å². The number of aliphatic hydroxyl groups is 1. The van der Waals surface area contributed by atoms with Gasteiger partial charge in [0.15, 0.2) is 0 Å². The van der Waals surface area contributed by atoms with Crippen LogP contribution in [0, 0.1) is 10.1 Å². The average molecular weight is 311 g/mol. The van der Waals surface area contributed by atoms with E-state index < -0.39 is 11.0 Å². The standard InChI is InChI=1S/C14H21N3O3S/c18-14(12-1-3-13(4-2-12)17(19)20)11-15-5-6-16-7-9-21-10-8-16/h1-4,14-15,18H,5-11H2. The van der Waals surface area contributed by atoms with E-state index in [1.165, 1.54) is 23.6 Å². The Morgan fingerprint density at radius 2 is 2.00 bits per heavy atom. The summed E-state index contributed by atoms with van der Waals surface area (Å²) >= 11 is 1.99. The fourth-order valence-corrected chi connectivity index (χ4v) is 3.22. The van der Waals surface area contributed by atoms with Crippen LogP contribution in [-0.2, 0) is 0 Å². The molecule has 1 aromatic carbocycles. The number of benzene rings is 1. The molecule has 2 N–H and O–H groups in total. The highest BCUT2D eigenvalue weighted by Crippen LogP contribution is 2.17. The molecule has 0 saturated carbocycles. The molecule has 1 unspecified atom stereocenters. The molecule has 1 aromatic rings. The topological polar surface area (TPSA) is 78.6 Å². The number of hydrogen-bond acceptors (Lipinski definition) is 6. The Bertz CT molecular complexity index is 449. The SMILES string of the molecule is O=[N+]([O-])c1ccc(C(O)CNCCN2CCSCC2)cc1. The molecule has 0 aliphatic carbocycles. The second kappa shape index (κ2) is 8.33. The van der Waals surface area contributed by atoms with Crippen LogP contribution >= 0.6 is 11.8 Å². The van der Waals surface area contributed by atoms with Crippen molar-refractivity contribution in [3.05, 3.63) is 39.9 Å². The molecule has 1 fully saturated rings. The summed E-state index contributed by atoms with van der Waals surface area (Å²) in [6, 6.07) is 6.05. The van der Waals surface area contributed by atoms with Crippen LogP contribution in [-0.4, -0.2) is 59.2 Å². The highest BCUT2D eigenvalue weighted by molar-refractivity contribution is 7.99. The van der Waals surface area contributed by atoms with Crippen LogP contribution in [0.3, 0.4) is 0 Å². The minimum Gasteiger partial charge on any atom is -0.387 e. The lowest BCUT2D eigenvalue weighted by molar-refractivity contribution is -0.384. The minimum absolute atomic E-state index is 0.0434. The summed E-state index contributed by atoms with van der Waals surface area (Å²) in [7, 11) is 0. The largest absolute Gasteiger partial charge is 0.387 e. The summed E-state index contributed by atoms with van der Waals surface area (Å²) in [6.07, 6.45) is -0.636. The van der Waals surface area contributed by atoms with Gasteiger partial charge >= 0.3 is 0 Å². The van der Waals surface area contributed by atoms with Gasteiger partial charge in [-0.2, -0.15) is 11.8 Å². The molecule has 1 atom stereocenters. The number of nitro groups is 1. The lowest BCUT2D eigenvalue weighted by atomic mass is 10.1. The van der Waals surface area contributed by atoms with E-state index in [9.17, 15) is 15.2 Å². The van der Waals surface area contributed by atoms with Crippen molar-refractivity contribution in [2.45, 2.75) is 6.10 Å². The van der Waals surface area contributed by atoms with Crippen LogP contribution in [0.4, 0.5) is 5.69 Å². The van der Waals surface area contributed by atoms with Gasteiger partial charge in [-0.15, -0.1) is 0 Å². The molecule has 1 heterocycles. The first-order valence-electron chi connectivity index (χ1n) is 7.10. The first kappa shape index (κ1) is 16.2. The summed E-state index contributed by atoms with van der Waals surface area (Å²) in [6.45, 7) is 4.57. The molecule has 21 heavy (non-hydrogen) atoms. The Hall–Kier alpha value is -1.15. The molecule has 2 rings (SSSR count). The monoisotopic (exact) mass is 311 g/mol. The predicted molar refractivity (Wildman–Crippen MR) is 84.7 cm³/mol. The van der Waals surface area contributed by atoms with Gasteiger partial charge in [-0.25, -0.2) is 0 Å². The van der Waals surface area contributed by atoms with Gasteiger partial charge in [0.1, 0.15) is 0 Å². The first-order chi connectivity index (χ1) is 10.2.